The second-order valence-corrected chi connectivity index (χ2v) is 6.53. The van der Waals surface area contributed by atoms with Crippen LogP contribution in [0, 0.1) is 0 Å². The van der Waals surface area contributed by atoms with Gasteiger partial charge in [0.2, 0.25) is 0 Å². The molecule has 3 heteroatoms. The Morgan fingerprint density at radius 1 is 0.913 bits per heavy atom. The van der Waals surface area contributed by atoms with E-state index in [1.165, 1.54) is 57.8 Å². The number of unbranched alkanes of at least 4 members (excludes halogenated alkanes) is 9. The molecule has 1 rings (SSSR count). The minimum Gasteiger partial charge on any atom is -0.394 e. The summed E-state index contributed by atoms with van der Waals surface area (Å²) in [4.78, 5) is 11.9. The standard InChI is InChI=1S/C20H32O2S/c1-2-3-4-5-6-7-8-9-10-14-17-19(20(21)22-23)18-15-12-11-13-16-18/h11-13,15-16,19,23H,2-10,14,17H2,1H3. The molecule has 0 aliphatic carbocycles. The van der Waals surface area contributed by atoms with Crippen molar-refractivity contribution in [3.8, 4) is 0 Å². The third kappa shape index (κ3) is 9.04. The maximum Gasteiger partial charge on any atom is 0.325 e. The topological polar surface area (TPSA) is 26.3 Å². The zero-order valence-corrected chi connectivity index (χ0v) is 15.4. The van der Waals surface area contributed by atoms with Gasteiger partial charge in [0.1, 0.15) is 0 Å². The van der Waals surface area contributed by atoms with Gasteiger partial charge >= 0.3 is 5.97 Å². The Bertz CT molecular complexity index is 405. The highest BCUT2D eigenvalue weighted by atomic mass is 32.1. The van der Waals surface area contributed by atoms with Gasteiger partial charge in [-0.1, -0.05) is 101 Å². The number of hydrogen-bond acceptors (Lipinski definition) is 3. The molecule has 0 aliphatic rings. The van der Waals surface area contributed by atoms with Crippen LogP contribution in [0.4, 0.5) is 0 Å². The highest BCUT2D eigenvalue weighted by Gasteiger charge is 2.20. The molecule has 0 fully saturated rings. The lowest BCUT2D eigenvalue weighted by Crippen LogP contribution is -2.12. The van der Waals surface area contributed by atoms with Crippen LogP contribution < -0.4 is 0 Å². The van der Waals surface area contributed by atoms with Crippen LogP contribution in [0.15, 0.2) is 30.3 Å². The van der Waals surface area contributed by atoms with Gasteiger partial charge in [-0.25, -0.2) is 0 Å². The van der Waals surface area contributed by atoms with Crippen molar-refractivity contribution in [3.05, 3.63) is 35.9 Å². The fourth-order valence-corrected chi connectivity index (χ4v) is 3.13. The molecule has 0 aliphatic heterocycles. The summed E-state index contributed by atoms with van der Waals surface area (Å²) in [6.07, 6.45) is 13.9. The molecule has 0 saturated heterocycles. The normalized spacial score (nSPS) is 12.1. The van der Waals surface area contributed by atoms with Crippen LogP contribution in [0.25, 0.3) is 0 Å². The summed E-state index contributed by atoms with van der Waals surface area (Å²) in [6.45, 7) is 2.26. The maximum absolute atomic E-state index is 11.9. The summed E-state index contributed by atoms with van der Waals surface area (Å²) >= 11 is 3.68. The van der Waals surface area contributed by atoms with Crippen molar-refractivity contribution in [2.45, 2.75) is 83.5 Å². The van der Waals surface area contributed by atoms with E-state index in [2.05, 4.69) is 24.0 Å². The van der Waals surface area contributed by atoms with Crippen molar-refractivity contribution in [2.24, 2.45) is 0 Å². The summed E-state index contributed by atoms with van der Waals surface area (Å²) in [5.41, 5.74) is 1.03. The SMILES string of the molecule is CCCCCCCCCCCCC(C(=O)OS)c1ccccc1. The molecule has 0 bridgehead atoms. The van der Waals surface area contributed by atoms with Crippen molar-refractivity contribution in [1.29, 1.82) is 0 Å². The molecule has 1 aromatic carbocycles. The lowest BCUT2D eigenvalue weighted by atomic mass is 9.93. The summed E-state index contributed by atoms with van der Waals surface area (Å²) in [5, 5.41) is 0. The van der Waals surface area contributed by atoms with Gasteiger partial charge in [-0.3, -0.25) is 4.79 Å². The number of thiol groups is 1. The first-order valence-electron chi connectivity index (χ1n) is 9.19. The van der Waals surface area contributed by atoms with Crippen LogP contribution in [-0.2, 0) is 8.98 Å². The Labute approximate surface area is 147 Å². The summed E-state index contributed by atoms with van der Waals surface area (Å²) in [6, 6.07) is 9.88. The van der Waals surface area contributed by atoms with Crippen molar-refractivity contribution >= 4 is 18.9 Å². The highest BCUT2D eigenvalue weighted by Crippen LogP contribution is 2.25. The molecule has 23 heavy (non-hydrogen) atoms. The lowest BCUT2D eigenvalue weighted by Gasteiger charge is -2.14. The van der Waals surface area contributed by atoms with Crippen molar-refractivity contribution in [2.75, 3.05) is 0 Å². The first-order chi connectivity index (χ1) is 11.3. The molecule has 1 aromatic rings. The van der Waals surface area contributed by atoms with Gasteiger partial charge in [0.05, 0.1) is 5.92 Å². The second-order valence-electron chi connectivity index (χ2n) is 6.34. The number of benzene rings is 1. The number of rotatable bonds is 13. The molecule has 0 heterocycles. The molecule has 2 nitrogen and oxygen atoms in total. The fourth-order valence-electron chi connectivity index (χ4n) is 3.01. The number of carbonyl (C=O) groups excluding carboxylic acids is 1. The third-order valence-corrected chi connectivity index (χ3v) is 4.60. The van der Waals surface area contributed by atoms with Crippen LogP contribution in [-0.4, -0.2) is 5.97 Å². The van der Waals surface area contributed by atoms with Crippen molar-refractivity contribution in [1.82, 2.24) is 0 Å². The molecule has 0 spiro atoms. The summed E-state index contributed by atoms with van der Waals surface area (Å²) < 4.78 is 4.66. The van der Waals surface area contributed by atoms with Crippen LogP contribution >= 0.6 is 12.9 Å². The fraction of sp³-hybridized carbons (Fsp3) is 0.650. The maximum atomic E-state index is 11.9. The van der Waals surface area contributed by atoms with Gasteiger partial charge in [-0.15, -0.1) is 0 Å². The predicted octanol–water partition coefficient (Wildman–Crippen LogP) is 6.47. The van der Waals surface area contributed by atoms with E-state index >= 15 is 0 Å². The van der Waals surface area contributed by atoms with Gasteiger partial charge in [0.25, 0.3) is 0 Å². The first kappa shape index (κ1) is 20.1. The van der Waals surface area contributed by atoms with E-state index in [9.17, 15) is 4.79 Å². The van der Waals surface area contributed by atoms with E-state index in [-0.39, 0.29) is 11.9 Å². The predicted molar refractivity (Wildman–Crippen MR) is 101 cm³/mol. The van der Waals surface area contributed by atoms with Gasteiger partial charge < -0.3 is 4.18 Å². The molecular formula is C20H32O2S. The van der Waals surface area contributed by atoms with Gasteiger partial charge in [-0.05, 0) is 12.0 Å². The monoisotopic (exact) mass is 336 g/mol. The Balaban J connectivity index is 2.15. The van der Waals surface area contributed by atoms with Gasteiger partial charge in [0.15, 0.2) is 0 Å². The first-order valence-corrected chi connectivity index (χ1v) is 9.56. The van der Waals surface area contributed by atoms with E-state index in [0.29, 0.717) is 0 Å². The van der Waals surface area contributed by atoms with Crippen LogP contribution in [0.1, 0.15) is 89.0 Å². The molecule has 130 valence electrons. The molecule has 0 amide bonds. The Morgan fingerprint density at radius 3 is 1.96 bits per heavy atom. The minimum absolute atomic E-state index is 0.178. The Morgan fingerprint density at radius 2 is 1.43 bits per heavy atom. The largest absolute Gasteiger partial charge is 0.394 e. The number of carbonyl (C=O) groups is 1. The van der Waals surface area contributed by atoms with Gasteiger partial charge in [-0.2, -0.15) is 0 Å². The van der Waals surface area contributed by atoms with E-state index < -0.39 is 0 Å². The lowest BCUT2D eigenvalue weighted by molar-refractivity contribution is -0.134. The summed E-state index contributed by atoms with van der Waals surface area (Å²) in [5.74, 6) is -0.418. The molecule has 0 radical (unpaired) electrons. The minimum atomic E-state index is -0.240. The molecule has 1 unspecified atom stereocenters. The summed E-state index contributed by atoms with van der Waals surface area (Å²) in [7, 11) is 0. The van der Waals surface area contributed by atoms with E-state index in [1.807, 2.05) is 30.3 Å². The van der Waals surface area contributed by atoms with Crippen LogP contribution in [0.5, 0.6) is 0 Å². The molecule has 0 aromatic heterocycles. The quantitative estimate of drug-likeness (QED) is 0.254. The van der Waals surface area contributed by atoms with Crippen LogP contribution in [0.2, 0.25) is 0 Å². The molecular weight excluding hydrogens is 304 g/mol. The Kier molecular flexibility index (Phi) is 11.8. The Hall–Kier alpha value is -0.960. The average Bonchev–Trinajstić information content (AvgIpc) is 2.60. The number of hydrogen-bond donors (Lipinski definition) is 1. The zero-order valence-electron chi connectivity index (χ0n) is 14.5. The molecule has 0 N–H and O–H groups in total. The average molecular weight is 337 g/mol. The second kappa shape index (κ2) is 13.5. The zero-order chi connectivity index (χ0) is 16.8. The van der Waals surface area contributed by atoms with E-state index in [4.69, 9.17) is 0 Å². The molecule has 0 saturated carbocycles. The third-order valence-electron chi connectivity index (χ3n) is 4.42. The van der Waals surface area contributed by atoms with Crippen LogP contribution in [0.3, 0.4) is 0 Å². The van der Waals surface area contributed by atoms with Crippen molar-refractivity contribution < 1.29 is 8.98 Å². The van der Waals surface area contributed by atoms with Crippen molar-refractivity contribution in [3.63, 3.8) is 0 Å². The van der Waals surface area contributed by atoms with Gasteiger partial charge in [0, 0.05) is 12.9 Å². The molecule has 1 atom stereocenters. The smallest absolute Gasteiger partial charge is 0.325 e. The highest BCUT2D eigenvalue weighted by molar-refractivity contribution is 7.75. The van der Waals surface area contributed by atoms with E-state index in [1.54, 1.807) is 0 Å². The van der Waals surface area contributed by atoms with E-state index in [0.717, 1.165) is 18.4 Å².